The number of ether oxygens (including phenoxy) is 2. The number of carbonyl (C=O) groups is 1. The Morgan fingerprint density at radius 3 is 2.70 bits per heavy atom. The van der Waals surface area contributed by atoms with E-state index in [0.29, 0.717) is 22.8 Å². The summed E-state index contributed by atoms with van der Waals surface area (Å²) in [7, 11) is 1.58. The third-order valence-corrected chi connectivity index (χ3v) is 5.21. The number of terminal acetylenes is 1. The van der Waals surface area contributed by atoms with Crippen LogP contribution in [-0.2, 0) is 11.3 Å². The maximum atomic E-state index is 12.3. The number of benzene rings is 2. The van der Waals surface area contributed by atoms with Gasteiger partial charge in [-0.15, -0.1) is 6.42 Å². The van der Waals surface area contributed by atoms with Crippen LogP contribution < -0.4 is 14.3 Å². The van der Waals surface area contributed by atoms with Crippen molar-refractivity contribution in [2.45, 2.75) is 20.4 Å². The zero-order valence-corrected chi connectivity index (χ0v) is 16.3. The number of hydrogen-bond donors (Lipinski definition) is 0. The highest BCUT2D eigenvalue weighted by atomic mass is 32.1. The molecule has 1 heterocycles. The topological polar surface area (TPSA) is 52.8 Å². The summed E-state index contributed by atoms with van der Waals surface area (Å²) < 4.78 is 13.6. The minimum Gasteiger partial charge on any atom is -0.497 e. The molecule has 3 aromatic rings. The Morgan fingerprint density at radius 1 is 1.22 bits per heavy atom. The molecule has 0 atom stereocenters. The summed E-state index contributed by atoms with van der Waals surface area (Å²) in [5, 5.41) is 0. The molecule has 0 saturated heterocycles. The van der Waals surface area contributed by atoms with E-state index in [1.165, 1.54) is 22.5 Å². The van der Waals surface area contributed by atoms with Gasteiger partial charge in [-0.05, 0) is 49.2 Å². The van der Waals surface area contributed by atoms with Gasteiger partial charge in [0.05, 0.1) is 23.9 Å². The molecule has 0 N–H and O–H groups in total. The summed E-state index contributed by atoms with van der Waals surface area (Å²) in [5.74, 6) is 3.48. The largest absolute Gasteiger partial charge is 0.497 e. The number of hydrogen-bond acceptors (Lipinski definition) is 4. The van der Waals surface area contributed by atoms with Gasteiger partial charge in [0.15, 0.2) is 11.4 Å². The number of thiazole rings is 1. The number of fused-ring (bicyclic) bond motifs is 1. The van der Waals surface area contributed by atoms with Crippen molar-refractivity contribution in [3.05, 3.63) is 52.3 Å². The van der Waals surface area contributed by atoms with Crippen molar-refractivity contribution in [1.82, 2.24) is 4.57 Å². The van der Waals surface area contributed by atoms with E-state index in [9.17, 15) is 4.79 Å². The molecule has 6 heteroatoms. The molecule has 0 aliphatic heterocycles. The second kappa shape index (κ2) is 8.11. The summed E-state index contributed by atoms with van der Waals surface area (Å²) >= 11 is 1.45. The van der Waals surface area contributed by atoms with Crippen LogP contribution in [0.5, 0.6) is 11.5 Å². The SMILES string of the molecule is C#CCn1c(=NC(=O)COc2cccc(OC)c2)sc2cc(C)c(C)cc21. The Labute approximate surface area is 161 Å². The summed E-state index contributed by atoms with van der Waals surface area (Å²) in [6.45, 7) is 4.31. The second-order valence-electron chi connectivity index (χ2n) is 6.05. The van der Waals surface area contributed by atoms with Crippen molar-refractivity contribution in [2.24, 2.45) is 4.99 Å². The predicted octanol–water partition coefficient (Wildman–Crippen LogP) is 3.47. The zero-order chi connectivity index (χ0) is 19.4. The molecule has 3 rings (SSSR count). The monoisotopic (exact) mass is 380 g/mol. The van der Waals surface area contributed by atoms with Gasteiger partial charge in [0.2, 0.25) is 0 Å². The van der Waals surface area contributed by atoms with Crippen molar-refractivity contribution < 1.29 is 14.3 Å². The highest BCUT2D eigenvalue weighted by Crippen LogP contribution is 2.22. The van der Waals surface area contributed by atoms with Gasteiger partial charge in [0, 0.05) is 6.07 Å². The molecule has 27 heavy (non-hydrogen) atoms. The van der Waals surface area contributed by atoms with Crippen molar-refractivity contribution in [3.63, 3.8) is 0 Å². The van der Waals surface area contributed by atoms with Gasteiger partial charge in [0.25, 0.3) is 5.91 Å². The fraction of sp³-hybridized carbons (Fsp3) is 0.238. The number of methoxy groups -OCH3 is 1. The standard InChI is InChI=1S/C21H20N2O3S/c1-5-9-23-18-10-14(2)15(3)11-19(18)27-21(23)22-20(24)13-26-17-8-6-7-16(12-17)25-4/h1,6-8,10-12H,9,13H2,2-4H3. The van der Waals surface area contributed by atoms with Crippen LogP contribution in [0, 0.1) is 26.2 Å². The molecule has 1 amide bonds. The molecule has 0 radical (unpaired) electrons. The molecular weight excluding hydrogens is 360 g/mol. The molecule has 0 saturated carbocycles. The molecular formula is C21H20N2O3S. The summed E-state index contributed by atoms with van der Waals surface area (Å²) in [6.07, 6.45) is 5.51. The lowest BCUT2D eigenvalue weighted by atomic mass is 10.1. The fourth-order valence-corrected chi connectivity index (χ4v) is 3.75. The van der Waals surface area contributed by atoms with Crippen LogP contribution in [0.15, 0.2) is 41.4 Å². The number of rotatable bonds is 5. The van der Waals surface area contributed by atoms with Gasteiger partial charge in [-0.25, -0.2) is 0 Å². The Hall–Kier alpha value is -3.04. The maximum absolute atomic E-state index is 12.3. The molecule has 0 spiro atoms. The molecule has 0 aliphatic rings. The average molecular weight is 380 g/mol. The van der Waals surface area contributed by atoms with E-state index in [1.807, 2.05) is 10.6 Å². The lowest BCUT2D eigenvalue weighted by molar-refractivity contribution is -0.120. The van der Waals surface area contributed by atoms with E-state index >= 15 is 0 Å². The number of nitrogens with zero attached hydrogens (tertiary/aromatic N) is 2. The number of carbonyl (C=O) groups excluding carboxylic acids is 1. The normalized spacial score (nSPS) is 11.4. The summed E-state index contributed by atoms with van der Waals surface area (Å²) in [5.41, 5.74) is 3.35. The van der Waals surface area contributed by atoms with Crippen LogP contribution in [0.4, 0.5) is 0 Å². The van der Waals surface area contributed by atoms with E-state index in [2.05, 4.69) is 36.9 Å². The lowest BCUT2D eigenvalue weighted by Crippen LogP contribution is -2.19. The van der Waals surface area contributed by atoms with Crippen molar-refractivity contribution in [1.29, 1.82) is 0 Å². The highest BCUT2D eigenvalue weighted by molar-refractivity contribution is 7.16. The van der Waals surface area contributed by atoms with Gasteiger partial charge >= 0.3 is 0 Å². The zero-order valence-electron chi connectivity index (χ0n) is 15.5. The fourth-order valence-electron chi connectivity index (χ4n) is 2.63. The van der Waals surface area contributed by atoms with Crippen LogP contribution in [-0.4, -0.2) is 24.2 Å². The summed E-state index contributed by atoms with van der Waals surface area (Å²) in [4.78, 5) is 17.1. The van der Waals surface area contributed by atoms with E-state index in [0.717, 1.165) is 10.2 Å². The highest BCUT2D eigenvalue weighted by Gasteiger charge is 2.10. The van der Waals surface area contributed by atoms with Crippen molar-refractivity contribution in [2.75, 3.05) is 13.7 Å². The molecule has 5 nitrogen and oxygen atoms in total. The Bertz CT molecular complexity index is 1100. The molecule has 1 aromatic heterocycles. The average Bonchev–Trinajstić information content (AvgIpc) is 2.97. The first-order chi connectivity index (χ1) is 13.0. The smallest absolute Gasteiger partial charge is 0.286 e. The van der Waals surface area contributed by atoms with E-state index in [1.54, 1.807) is 25.3 Å². The van der Waals surface area contributed by atoms with Crippen LogP contribution in [0.25, 0.3) is 10.2 Å². The summed E-state index contributed by atoms with van der Waals surface area (Å²) in [6, 6.07) is 11.3. The predicted molar refractivity (Wildman–Crippen MR) is 107 cm³/mol. The molecule has 138 valence electrons. The Morgan fingerprint density at radius 2 is 1.96 bits per heavy atom. The van der Waals surface area contributed by atoms with E-state index in [-0.39, 0.29) is 12.5 Å². The van der Waals surface area contributed by atoms with Gasteiger partial charge in [-0.1, -0.05) is 23.3 Å². The third-order valence-electron chi connectivity index (χ3n) is 4.17. The molecule has 0 aliphatic carbocycles. The molecule has 0 unspecified atom stereocenters. The van der Waals surface area contributed by atoms with Gasteiger partial charge < -0.3 is 14.0 Å². The second-order valence-corrected chi connectivity index (χ2v) is 7.06. The van der Waals surface area contributed by atoms with Crippen molar-refractivity contribution in [3.8, 4) is 23.8 Å². The Balaban J connectivity index is 1.88. The number of aromatic nitrogens is 1. The maximum Gasteiger partial charge on any atom is 0.286 e. The van der Waals surface area contributed by atoms with E-state index in [4.69, 9.17) is 15.9 Å². The first-order valence-corrected chi connectivity index (χ1v) is 9.22. The minimum absolute atomic E-state index is 0.157. The van der Waals surface area contributed by atoms with Crippen LogP contribution in [0.2, 0.25) is 0 Å². The lowest BCUT2D eigenvalue weighted by Gasteiger charge is -2.05. The Kier molecular flexibility index (Phi) is 5.63. The van der Waals surface area contributed by atoms with E-state index < -0.39 is 0 Å². The van der Waals surface area contributed by atoms with Crippen LogP contribution >= 0.6 is 11.3 Å². The van der Waals surface area contributed by atoms with Crippen LogP contribution in [0.3, 0.4) is 0 Å². The molecule has 2 aromatic carbocycles. The third kappa shape index (κ3) is 4.21. The number of aryl methyl sites for hydroxylation is 2. The quantitative estimate of drug-likeness (QED) is 0.637. The first-order valence-electron chi connectivity index (χ1n) is 8.40. The van der Waals surface area contributed by atoms with Crippen molar-refractivity contribution >= 4 is 27.5 Å². The van der Waals surface area contributed by atoms with Gasteiger partial charge in [0.1, 0.15) is 11.5 Å². The van der Waals surface area contributed by atoms with Crippen LogP contribution in [0.1, 0.15) is 11.1 Å². The van der Waals surface area contributed by atoms with Gasteiger partial charge in [-0.3, -0.25) is 4.79 Å². The minimum atomic E-state index is -0.372. The first kappa shape index (κ1) is 18.7. The van der Waals surface area contributed by atoms with Gasteiger partial charge in [-0.2, -0.15) is 4.99 Å². The molecule has 0 fully saturated rings. The molecule has 0 bridgehead atoms. The number of amides is 1.